The zero-order chi connectivity index (χ0) is 40.1. The molecule has 2 unspecified atom stereocenters. The van der Waals surface area contributed by atoms with Crippen molar-refractivity contribution in [1.82, 2.24) is 9.97 Å². The van der Waals surface area contributed by atoms with Gasteiger partial charge in [-0.1, -0.05) is 39.8 Å². The minimum absolute atomic E-state index is 0.114. The number of carboxylic acid groups (broad SMARTS) is 2. The molecular formula is C36H42N6O10S2. The molecule has 0 saturated heterocycles. The molecule has 0 fully saturated rings. The fourth-order valence-electron chi connectivity index (χ4n) is 4.80. The van der Waals surface area contributed by atoms with Gasteiger partial charge in [0.2, 0.25) is 44.9 Å². The summed E-state index contributed by atoms with van der Waals surface area (Å²) >= 11 is 8.61. The van der Waals surface area contributed by atoms with Crippen LogP contribution in [0.25, 0.3) is 0 Å². The maximum absolute atomic E-state index is 12.1. The Bertz CT molecular complexity index is 1950. The van der Waals surface area contributed by atoms with E-state index >= 15 is 0 Å². The minimum atomic E-state index is -1.86. The number of carbonyl (C=O) groups excluding carboxylic acids is 4. The summed E-state index contributed by atoms with van der Waals surface area (Å²) in [6.45, 7) is 7.12. The average molecular weight is 783 g/mol. The first-order valence-electron chi connectivity index (χ1n) is 16.8. The number of thiol groups is 2. The Labute approximate surface area is 321 Å². The molecule has 18 heteroatoms. The van der Waals surface area contributed by atoms with Crippen molar-refractivity contribution in [3.63, 3.8) is 0 Å². The Morgan fingerprint density at radius 2 is 0.944 bits per heavy atom. The monoisotopic (exact) mass is 782 g/mol. The molecule has 0 aliphatic rings. The van der Waals surface area contributed by atoms with Gasteiger partial charge in [0.15, 0.2) is 0 Å². The van der Waals surface area contributed by atoms with Crippen LogP contribution < -0.4 is 21.3 Å². The average Bonchev–Trinajstić information content (AvgIpc) is 3.89. The molecule has 0 saturated carbocycles. The highest BCUT2D eigenvalue weighted by molar-refractivity contribution is 7.82. The number of anilines is 4. The van der Waals surface area contributed by atoms with Crippen molar-refractivity contribution in [2.24, 2.45) is 0 Å². The van der Waals surface area contributed by atoms with Crippen molar-refractivity contribution in [2.75, 3.05) is 21.3 Å². The Balaban J connectivity index is 0.000000291. The number of nitrogens with zero attached hydrogens (tertiary/aromatic N) is 2. The van der Waals surface area contributed by atoms with Gasteiger partial charge in [-0.2, -0.15) is 0 Å². The van der Waals surface area contributed by atoms with E-state index in [4.69, 9.17) is 8.83 Å². The van der Waals surface area contributed by atoms with E-state index in [2.05, 4.69) is 56.5 Å². The third kappa shape index (κ3) is 10.3. The number of oxazole rings is 2. The van der Waals surface area contributed by atoms with Gasteiger partial charge >= 0.3 is 11.9 Å². The van der Waals surface area contributed by atoms with Crippen LogP contribution >= 0.6 is 25.3 Å². The molecule has 4 rings (SSSR count). The van der Waals surface area contributed by atoms with Crippen LogP contribution in [0.1, 0.15) is 89.1 Å². The number of amides is 4. The second-order valence-electron chi connectivity index (χ2n) is 11.6. The summed E-state index contributed by atoms with van der Waals surface area (Å²) in [4.78, 5) is 79.3. The van der Waals surface area contributed by atoms with E-state index in [9.17, 15) is 39.0 Å². The molecule has 4 amide bonds. The van der Waals surface area contributed by atoms with Gasteiger partial charge in [-0.3, -0.25) is 19.2 Å². The van der Waals surface area contributed by atoms with Crippen molar-refractivity contribution in [2.45, 2.75) is 75.7 Å². The van der Waals surface area contributed by atoms with Crippen molar-refractivity contribution in [3.05, 3.63) is 84.2 Å². The summed E-state index contributed by atoms with van der Waals surface area (Å²) in [5.74, 6) is -3.79. The normalized spacial score (nSPS) is 12.9. The second-order valence-corrected chi connectivity index (χ2v) is 13.0. The summed E-state index contributed by atoms with van der Waals surface area (Å²) in [7, 11) is 0. The summed E-state index contributed by atoms with van der Waals surface area (Å²) in [6, 6.07) is 8.91. The van der Waals surface area contributed by atoms with Gasteiger partial charge in [0, 0.05) is 25.7 Å². The number of hydrogen-bond acceptors (Lipinski definition) is 12. The summed E-state index contributed by atoms with van der Waals surface area (Å²) < 4.78 is 6.60. The largest absolute Gasteiger partial charge is 0.480 e. The van der Waals surface area contributed by atoms with Crippen molar-refractivity contribution < 1.29 is 47.8 Å². The predicted octanol–water partition coefficient (Wildman–Crippen LogP) is 6.04. The molecule has 0 aliphatic carbocycles. The van der Waals surface area contributed by atoms with Crippen LogP contribution in [0.15, 0.2) is 70.2 Å². The lowest BCUT2D eigenvalue weighted by Crippen LogP contribution is -2.32. The smallest absolute Gasteiger partial charge is 0.333 e. The van der Waals surface area contributed by atoms with Crippen LogP contribution in [0.4, 0.5) is 22.7 Å². The molecule has 0 bridgehead atoms. The topological polar surface area (TPSA) is 243 Å². The first kappa shape index (κ1) is 42.8. The summed E-state index contributed by atoms with van der Waals surface area (Å²) in [5, 5.41) is 30.2. The molecule has 6 N–H and O–H groups in total. The number of hydrogen-bond donors (Lipinski definition) is 8. The van der Waals surface area contributed by atoms with Gasteiger partial charge < -0.3 is 40.3 Å². The minimum Gasteiger partial charge on any atom is -0.480 e. The van der Waals surface area contributed by atoms with E-state index in [0.717, 1.165) is 0 Å². The van der Waals surface area contributed by atoms with Crippen molar-refractivity contribution in [1.29, 1.82) is 0 Å². The molecule has 288 valence electrons. The number of carbonyl (C=O) groups is 6. The van der Waals surface area contributed by atoms with Crippen LogP contribution in [0.2, 0.25) is 0 Å². The first-order chi connectivity index (χ1) is 25.6. The lowest BCUT2D eigenvalue weighted by Gasteiger charge is -2.23. The molecule has 4 aromatic rings. The van der Waals surface area contributed by atoms with Gasteiger partial charge in [0.25, 0.3) is 0 Å². The molecule has 2 atom stereocenters. The highest BCUT2D eigenvalue weighted by atomic mass is 32.1. The number of carboxylic acids is 2. The highest BCUT2D eigenvalue weighted by Crippen LogP contribution is 2.40. The zero-order valence-electron chi connectivity index (χ0n) is 30.0. The van der Waals surface area contributed by atoms with E-state index in [0.29, 0.717) is 30.6 Å². The lowest BCUT2D eigenvalue weighted by molar-refractivity contribution is -0.140. The van der Waals surface area contributed by atoms with E-state index in [1.807, 2.05) is 13.8 Å². The lowest BCUT2D eigenvalue weighted by atomic mass is 9.96. The van der Waals surface area contributed by atoms with Crippen LogP contribution in [0.5, 0.6) is 0 Å². The van der Waals surface area contributed by atoms with E-state index in [1.165, 1.54) is 61.3 Å². The maximum Gasteiger partial charge on any atom is 0.333 e. The van der Waals surface area contributed by atoms with Gasteiger partial charge in [-0.25, -0.2) is 19.6 Å². The van der Waals surface area contributed by atoms with Gasteiger partial charge in [-0.05, 0) is 48.2 Å². The summed E-state index contributed by atoms with van der Waals surface area (Å²) in [6.07, 6.45) is 7.55. The molecule has 0 spiro atoms. The molecule has 0 aliphatic heterocycles. The van der Waals surface area contributed by atoms with Crippen LogP contribution in [0.3, 0.4) is 0 Å². The number of nitrogens with one attached hydrogen (secondary N) is 4. The molecular weight excluding hydrogens is 741 g/mol. The highest BCUT2D eigenvalue weighted by Gasteiger charge is 2.44. The third-order valence-electron chi connectivity index (χ3n) is 7.67. The predicted molar refractivity (Wildman–Crippen MR) is 206 cm³/mol. The Morgan fingerprint density at radius 3 is 1.26 bits per heavy atom. The summed E-state index contributed by atoms with van der Waals surface area (Å²) in [5.41, 5.74) is 1.73. The molecule has 0 radical (unpaired) electrons. The zero-order valence-corrected chi connectivity index (χ0v) is 31.8. The molecule has 16 nitrogen and oxygen atoms in total. The maximum atomic E-state index is 12.1. The SMILES string of the molecule is CCC(=O)Nc1ccc(C(S)(C(=O)O)c2ncco2)cc1NC(=O)CC.CCCC(=O)Nc1ccc(C(S)(C(=O)O)c2ncco2)cc1NC(=O)CCC. The number of benzene rings is 2. The van der Waals surface area contributed by atoms with Crippen molar-refractivity contribution >= 4 is 83.6 Å². The van der Waals surface area contributed by atoms with Crippen LogP contribution in [0, 0.1) is 0 Å². The molecule has 2 aromatic heterocycles. The molecule has 2 heterocycles. The van der Waals surface area contributed by atoms with Crippen LogP contribution in [-0.2, 0) is 38.3 Å². The Kier molecular flexibility index (Phi) is 15.4. The van der Waals surface area contributed by atoms with E-state index in [-0.39, 0.29) is 77.2 Å². The van der Waals surface area contributed by atoms with E-state index < -0.39 is 21.4 Å². The standard InChI is InChI=1S/C19H23N3O5S.C17H19N3O5S/c1-3-5-15(23)21-13-8-7-12(11-14(13)22-16(24)6-4-2)19(28,18(25)26)17-20-9-10-27-17;1-3-13(21)19-11-6-5-10(9-12(11)20-14(22)4-2)17(26,16(23)24)15-18-7-8-25-15/h7-11,28H,3-6H2,1-2H3,(H,21,23)(H,22,24)(H,25,26);5-9,26H,3-4H2,1-2H3,(H,19,21)(H,20,22)(H,23,24). The fourth-order valence-corrected chi connectivity index (χ4v) is 5.30. The van der Waals surface area contributed by atoms with Gasteiger partial charge in [-0.15, -0.1) is 25.3 Å². The Hall–Kier alpha value is -5.62. The third-order valence-corrected chi connectivity index (χ3v) is 8.95. The number of aromatic nitrogens is 2. The van der Waals surface area contributed by atoms with Crippen LogP contribution in [-0.4, -0.2) is 55.7 Å². The van der Waals surface area contributed by atoms with Crippen molar-refractivity contribution in [3.8, 4) is 0 Å². The molecule has 54 heavy (non-hydrogen) atoms. The fraction of sp³-hybridized carbons (Fsp3) is 0.333. The first-order valence-corrected chi connectivity index (χ1v) is 17.7. The number of rotatable bonds is 16. The number of aliphatic carboxylic acids is 2. The quantitative estimate of drug-likeness (QED) is 0.0607. The van der Waals surface area contributed by atoms with Gasteiger partial charge in [0.05, 0.1) is 35.1 Å². The second kappa shape index (κ2) is 19.5. The molecule has 2 aromatic carbocycles. The Morgan fingerprint density at radius 1 is 0.593 bits per heavy atom. The van der Waals surface area contributed by atoms with E-state index in [1.54, 1.807) is 13.8 Å². The van der Waals surface area contributed by atoms with Gasteiger partial charge in [0.1, 0.15) is 12.5 Å².